The van der Waals surface area contributed by atoms with Crippen molar-refractivity contribution in [1.29, 1.82) is 0 Å². The molecule has 1 unspecified atom stereocenters. The molecule has 1 heterocycles. The lowest BCUT2D eigenvalue weighted by atomic mass is 9.88. The standard InChI is InChI=1S/C19H24N2O5/c1-11-5-6-12-13(9-11)17(24)21(16(12)23)10-15(22)20-14(18(25)26)7-8-19(2,3)4/h5-6,9,14H,7-8,10H2,1-4H3,(H,20,22)(H,25,26). The van der Waals surface area contributed by atoms with Crippen LogP contribution < -0.4 is 5.32 Å². The number of fused-ring (bicyclic) bond motifs is 1. The molecule has 26 heavy (non-hydrogen) atoms. The van der Waals surface area contributed by atoms with Crippen LogP contribution in [0.15, 0.2) is 18.2 Å². The average molecular weight is 360 g/mol. The van der Waals surface area contributed by atoms with Gasteiger partial charge in [-0.3, -0.25) is 19.3 Å². The number of nitrogens with zero attached hydrogens (tertiary/aromatic N) is 1. The van der Waals surface area contributed by atoms with Crippen molar-refractivity contribution in [3.05, 3.63) is 34.9 Å². The molecule has 2 N–H and O–H groups in total. The molecule has 1 aromatic rings. The van der Waals surface area contributed by atoms with Gasteiger partial charge in [0.05, 0.1) is 11.1 Å². The average Bonchev–Trinajstić information content (AvgIpc) is 2.75. The normalized spacial score (nSPS) is 15.0. The van der Waals surface area contributed by atoms with Gasteiger partial charge in [0, 0.05) is 0 Å². The first-order valence-corrected chi connectivity index (χ1v) is 8.48. The molecule has 0 bridgehead atoms. The van der Waals surface area contributed by atoms with E-state index in [-0.39, 0.29) is 23.0 Å². The summed E-state index contributed by atoms with van der Waals surface area (Å²) in [5.41, 5.74) is 1.30. The number of carboxylic acids is 1. The summed E-state index contributed by atoms with van der Waals surface area (Å²) < 4.78 is 0. The lowest BCUT2D eigenvalue weighted by Crippen LogP contribution is -2.47. The van der Waals surface area contributed by atoms with E-state index >= 15 is 0 Å². The number of aryl methyl sites for hydroxylation is 1. The Bertz CT molecular complexity index is 764. The van der Waals surface area contributed by atoms with Gasteiger partial charge in [0.1, 0.15) is 12.6 Å². The van der Waals surface area contributed by atoms with E-state index in [0.717, 1.165) is 10.5 Å². The molecule has 1 aromatic carbocycles. The summed E-state index contributed by atoms with van der Waals surface area (Å²) in [6.45, 7) is 7.25. The molecule has 0 radical (unpaired) electrons. The molecule has 140 valence electrons. The van der Waals surface area contributed by atoms with Crippen LogP contribution in [-0.4, -0.2) is 46.3 Å². The number of rotatable bonds is 6. The van der Waals surface area contributed by atoms with Gasteiger partial charge < -0.3 is 10.4 Å². The van der Waals surface area contributed by atoms with Crippen LogP contribution in [0.25, 0.3) is 0 Å². The summed E-state index contributed by atoms with van der Waals surface area (Å²) >= 11 is 0. The molecule has 1 aliphatic heterocycles. The lowest BCUT2D eigenvalue weighted by Gasteiger charge is -2.22. The Morgan fingerprint density at radius 3 is 2.35 bits per heavy atom. The number of nitrogens with one attached hydrogen (secondary N) is 1. The Labute approximate surface area is 152 Å². The zero-order chi connectivity index (χ0) is 19.6. The lowest BCUT2D eigenvalue weighted by molar-refractivity contribution is -0.142. The van der Waals surface area contributed by atoms with E-state index in [0.29, 0.717) is 6.42 Å². The van der Waals surface area contributed by atoms with E-state index in [4.69, 9.17) is 0 Å². The van der Waals surface area contributed by atoms with Crippen molar-refractivity contribution in [2.45, 2.75) is 46.6 Å². The first-order valence-electron chi connectivity index (χ1n) is 8.48. The van der Waals surface area contributed by atoms with Crippen LogP contribution in [0.4, 0.5) is 0 Å². The molecule has 0 aromatic heterocycles. The zero-order valence-corrected chi connectivity index (χ0v) is 15.5. The quantitative estimate of drug-likeness (QED) is 0.755. The molecule has 1 atom stereocenters. The second kappa shape index (κ2) is 7.27. The number of carboxylic acid groups (broad SMARTS) is 1. The monoisotopic (exact) mass is 360 g/mol. The van der Waals surface area contributed by atoms with Crippen LogP contribution in [0.5, 0.6) is 0 Å². The van der Waals surface area contributed by atoms with Crippen LogP contribution in [0, 0.1) is 12.3 Å². The van der Waals surface area contributed by atoms with Gasteiger partial charge in [-0.05, 0) is 37.3 Å². The molecule has 0 saturated carbocycles. The maximum atomic E-state index is 12.4. The van der Waals surface area contributed by atoms with E-state index in [1.807, 2.05) is 20.8 Å². The number of benzene rings is 1. The van der Waals surface area contributed by atoms with Crippen molar-refractivity contribution in [2.24, 2.45) is 5.41 Å². The predicted octanol–water partition coefficient (Wildman–Crippen LogP) is 1.99. The van der Waals surface area contributed by atoms with Crippen LogP contribution in [0.1, 0.15) is 59.9 Å². The maximum absolute atomic E-state index is 12.4. The van der Waals surface area contributed by atoms with E-state index < -0.39 is 36.3 Å². The van der Waals surface area contributed by atoms with Crippen molar-refractivity contribution >= 4 is 23.7 Å². The predicted molar refractivity (Wildman–Crippen MR) is 94.8 cm³/mol. The molecule has 0 aliphatic carbocycles. The SMILES string of the molecule is Cc1ccc2c(c1)C(=O)N(CC(=O)NC(CCC(C)(C)C)C(=O)O)C2=O. The van der Waals surface area contributed by atoms with E-state index in [1.165, 1.54) is 0 Å². The smallest absolute Gasteiger partial charge is 0.326 e. The molecule has 7 nitrogen and oxygen atoms in total. The third-order valence-corrected chi connectivity index (χ3v) is 4.24. The van der Waals surface area contributed by atoms with Crippen LogP contribution >= 0.6 is 0 Å². The molecule has 3 amide bonds. The number of hydrogen-bond acceptors (Lipinski definition) is 4. The fourth-order valence-corrected chi connectivity index (χ4v) is 2.77. The second-order valence-electron chi connectivity index (χ2n) is 7.80. The zero-order valence-electron chi connectivity index (χ0n) is 15.5. The molecule has 0 spiro atoms. The molecule has 0 fully saturated rings. The van der Waals surface area contributed by atoms with Crippen LogP contribution in [0.3, 0.4) is 0 Å². The van der Waals surface area contributed by atoms with Crippen molar-refractivity contribution in [3.8, 4) is 0 Å². The number of imide groups is 1. The van der Waals surface area contributed by atoms with Gasteiger partial charge in [0.15, 0.2) is 0 Å². The Kier molecular flexibility index (Phi) is 5.49. The van der Waals surface area contributed by atoms with Crippen molar-refractivity contribution in [1.82, 2.24) is 10.2 Å². The van der Waals surface area contributed by atoms with Gasteiger partial charge in [-0.1, -0.05) is 32.4 Å². The van der Waals surface area contributed by atoms with Gasteiger partial charge in [-0.15, -0.1) is 0 Å². The Hall–Kier alpha value is -2.70. The highest BCUT2D eigenvalue weighted by Gasteiger charge is 2.37. The number of aliphatic carboxylic acids is 1. The molecule has 2 rings (SSSR count). The van der Waals surface area contributed by atoms with E-state index in [1.54, 1.807) is 25.1 Å². The minimum atomic E-state index is -1.14. The molecular formula is C19H24N2O5. The first-order chi connectivity index (χ1) is 12.0. The molecule has 0 saturated heterocycles. The fraction of sp³-hybridized carbons (Fsp3) is 0.474. The Morgan fingerprint density at radius 1 is 1.15 bits per heavy atom. The van der Waals surface area contributed by atoms with Crippen molar-refractivity contribution in [3.63, 3.8) is 0 Å². The summed E-state index contributed by atoms with van der Waals surface area (Å²) in [4.78, 5) is 49.2. The van der Waals surface area contributed by atoms with Crippen LogP contribution in [-0.2, 0) is 9.59 Å². The Morgan fingerprint density at radius 2 is 1.77 bits per heavy atom. The van der Waals surface area contributed by atoms with Crippen molar-refractivity contribution < 1.29 is 24.3 Å². The maximum Gasteiger partial charge on any atom is 0.326 e. The molecule has 7 heteroatoms. The number of carbonyl (C=O) groups is 4. The third-order valence-electron chi connectivity index (χ3n) is 4.24. The highest BCUT2D eigenvalue weighted by molar-refractivity contribution is 6.22. The number of carbonyl (C=O) groups excluding carboxylic acids is 3. The summed E-state index contributed by atoms with van der Waals surface area (Å²) in [6, 6.07) is 3.84. The second-order valence-corrected chi connectivity index (χ2v) is 7.80. The number of amides is 3. The first kappa shape index (κ1) is 19.6. The van der Waals surface area contributed by atoms with E-state index in [2.05, 4.69) is 5.32 Å². The highest BCUT2D eigenvalue weighted by atomic mass is 16.4. The summed E-state index contributed by atoms with van der Waals surface area (Å²) in [7, 11) is 0. The van der Waals surface area contributed by atoms with Gasteiger partial charge in [0.2, 0.25) is 5.91 Å². The minimum absolute atomic E-state index is 0.0706. The van der Waals surface area contributed by atoms with Crippen molar-refractivity contribution in [2.75, 3.05) is 6.54 Å². The summed E-state index contributed by atoms with van der Waals surface area (Å²) in [6.07, 6.45) is 0.877. The largest absolute Gasteiger partial charge is 0.480 e. The topological polar surface area (TPSA) is 104 Å². The third kappa shape index (κ3) is 4.47. The summed E-state index contributed by atoms with van der Waals surface area (Å²) in [5, 5.41) is 11.7. The molecule has 1 aliphatic rings. The molecular weight excluding hydrogens is 336 g/mol. The highest BCUT2D eigenvalue weighted by Crippen LogP contribution is 2.24. The number of hydrogen-bond donors (Lipinski definition) is 2. The van der Waals surface area contributed by atoms with Crippen LogP contribution in [0.2, 0.25) is 0 Å². The Balaban J connectivity index is 2.04. The van der Waals surface area contributed by atoms with Gasteiger partial charge >= 0.3 is 5.97 Å². The van der Waals surface area contributed by atoms with Gasteiger partial charge in [-0.2, -0.15) is 0 Å². The fourth-order valence-electron chi connectivity index (χ4n) is 2.77. The van der Waals surface area contributed by atoms with Gasteiger partial charge in [-0.25, -0.2) is 4.79 Å². The van der Waals surface area contributed by atoms with E-state index in [9.17, 15) is 24.3 Å². The minimum Gasteiger partial charge on any atom is -0.480 e. The summed E-state index contributed by atoms with van der Waals surface area (Å²) in [5.74, 6) is -2.88. The van der Waals surface area contributed by atoms with Gasteiger partial charge in [0.25, 0.3) is 11.8 Å².